The highest BCUT2D eigenvalue weighted by atomic mass is 16.5. The lowest BCUT2D eigenvalue weighted by Gasteiger charge is -2.38. The van der Waals surface area contributed by atoms with Crippen molar-refractivity contribution >= 4 is 35.3 Å². The van der Waals surface area contributed by atoms with Gasteiger partial charge in [-0.25, -0.2) is 4.79 Å². The van der Waals surface area contributed by atoms with Crippen LogP contribution in [0, 0.1) is 16.7 Å². The van der Waals surface area contributed by atoms with Crippen LogP contribution in [-0.4, -0.2) is 66.2 Å². The first kappa shape index (κ1) is 28.8. The van der Waals surface area contributed by atoms with Crippen LogP contribution in [0.2, 0.25) is 0 Å². The van der Waals surface area contributed by atoms with E-state index < -0.39 is 17.5 Å². The van der Waals surface area contributed by atoms with Gasteiger partial charge in [0, 0.05) is 25.6 Å². The fourth-order valence-corrected chi connectivity index (χ4v) is 5.10. The lowest BCUT2D eigenvalue weighted by Crippen LogP contribution is -2.47. The zero-order valence-electron chi connectivity index (χ0n) is 21.9. The van der Waals surface area contributed by atoms with Gasteiger partial charge in [0.25, 0.3) is 0 Å². The number of carbonyl (C=O) groups excluding carboxylic acids is 3. The minimum absolute atomic E-state index is 0.00424. The summed E-state index contributed by atoms with van der Waals surface area (Å²) in [4.78, 5) is 50.7. The highest BCUT2D eigenvalue weighted by Gasteiger charge is 2.43. The number of carbonyl (C=O) groups is 4. The molecule has 3 rings (SSSR count). The summed E-state index contributed by atoms with van der Waals surface area (Å²) in [6.07, 6.45) is 5.09. The molecule has 1 saturated carbocycles. The number of amides is 3. The van der Waals surface area contributed by atoms with Gasteiger partial charge >= 0.3 is 12.1 Å². The molecule has 38 heavy (non-hydrogen) atoms. The van der Waals surface area contributed by atoms with Gasteiger partial charge in [0.2, 0.25) is 11.8 Å². The molecular weight excluding hydrogens is 490 g/mol. The average molecular weight is 528 g/mol. The molecule has 1 aromatic carbocycles. The Bertz CT molecular complexity index is 1050. The van der Waals surface area contributed by atoms with Crippen LogP contribution in [0.3, 0.4) is 0 Å². The molecule has 2 fully saturated rings. The van der Waals surface area contributed by atoms with Crippen molar-refractivity contribution in [2.75, 3.05) is 36.9 Å². The van der Waals surface area contributed by atoms with Crippen LogP contribution in [0.15, 0.2) is 18.2 Å². The molecule has 11 heteroatoms. The van der Waals surface area contributed by atoms with Crippen LogP contribution < -0.4 is 16.0 Å². The number of piperidine rings is 1. The Balaban J connectivity index is 1.62. The summed E-state index contributed by atoms with van der Waals surface area (Å²) in [6.45, 7) is 2.31. The van der Waals surface area contributed by atoms with Crippen molar-refractivity contribution in [1.29, 1.82) is 5.26 Å². The fraction of sp³-hybridized carbons (Fsp3) is 0.593. The van der Waals surface area contributed by atoms with E-state index in [0.29, 0.717) is 16.9 Å². The number of benzene rings is 1. The number of esters is 1. The molecule has 4 N–H and O–H groups in total. The van der Waals surface area contributed by atoms with Crippen molar-refractivity contribution in [3.05, 3.63) is 23.8 Å². The molecule has 2 aliphatic rings. The summed E-state index contributed by atoms with van der Waals surface area (Å²) in [6, 6.07) is 7.01. The number of carboxylic acid groups (broad SMARTS) is 1. The van der Waals surface area contributed by atoms with E-state index in [1.165, 1.54) is 17.4 Å². The van der Waals surface area contributed by atoms with Crippen molar-refractivity contribution in [2.24, 2.45) is 5.41 Å². The van der Waals surface area contributed by atoms with Gasteiger partial charge in [0.1, 0.15) is 0 Å². The quantitative estimate of drug-likeness (QED) is 0.336. The largest absolute Gasteiger partial charge is 0.466 e. The molecule has 1 aliphatic carbocycles. The number of nitrogens with one attached hydrogen (secondary N) is 3. The Morgan fingerprint density at radius 2 is 1.82 bits per heavy atom. The van der Waals surface area contributed by atoms with Gasteiger partial charge in [-0.15, -0.1) is 0 Å². The predicted octanol–water partition coefficient (Wildman–Crippen LogP) is 3.46. The fourth-order valence-electron chi connectivity index (χ4n) is 5.10. The van der Waals surface area contributed by atoms with E-state index in [4.69, 9.17) is 4.74 Å². The average Bonchev–Trinajstić information content (AvgIpc) is 2.92. The second-order valence-electron chi connectivity index (χ2n) is 9.95. The molecule has 0 aromatic heterocycles. The SMILES string of the molecule is CCOC(=O)C1(CCC(=O)Nc2cc(C#N)ccc2NCC(=O)NC2CCCCC2)CCN(C(=O)O)CC1. The molecule has 1 aliphatic heterocycles. The van der Waals surface area contributed by atoms with Gasteiger partial charge < -0.3 is 30.7 Å². The molecule has 1 heterocycles. The first-order valence-electron chi connectivity index (χ1n) is 13.3. The van der Waals surface area contributed by atoms with Crippen LogP contribution in [0.4, 0.5) is 16.2 Å². The van der Waals surface area contributed by atoms with E-state index in [9.17, 15) is 29.5 Å². The topological polar surface area (TPSA) is 161 Å². The van der Waals surface area contributed by atoms with Crippen LogP contribution in [0.25, 0.3) is 0 Å². The lowest BCUT2D eigenvalue weighted by molar-refractivity contribution is -0.159. The van der Waals surface area contributed by atoms with E-state index in [1.54, 1.807) is 19.1 Å². The minimum atomic E-state index is -1.04. The second kappa shape index (κ2) is 13.7. The Labute approximate surface area is 222 Å². The van der Waals surface area contributed by atoms with E-state index >= 15 is 0 Å². The van der Waals surface area contributed by atoms with Gasteiger partial charge in [-0.3, -0.25) is 14.4 Å². The summed E-state index contributed by atoms with van der Waals surface area (Å²) in [7, 11) is 0. The van der Waals surface area contributed by atoms with Crippen LogP contribution in [0.5, 0.6) is 0 Å². The van der Waals surface area contributed by atoms with Crippen molar-refractivity contribution in [3.8, 4) is 6.07 Å². The van der Waals surface area contributed by atoms with E-state index in [1.807, 2.05) is 6.07 Å². The minimum Gasteiger partial charge on any atom is -0.466 e. The Hall–Kier alpha value is -3.81. The second-order valence-corrected chi connectivity index (χ2v) is 9.95. The van der Waals surface area contributed by atoms with Crippen LogP contribution >= 0.6 is 0 Å². The molecule has 206 valence electrons. The summed E-state index contributed by atoms with van der Waals surface area (Å²) < 4.78 is 5.27. The molecule has 1 saturated heterocycles. The van der Waals surface area contributed by atoms with Gasteiger partial charge in [0.15, 0.2) is 0 Å². The number of hydrogen-bond donors (Lipinski definition) is 4. The third-order valence-electron chi connectivity index (χ3n) is 7.36. The number of hydrogen-bond acceptors (Lipinski definition) is 7. The van der Waals surface area contributed by atoms with Crippen LogP contribution in [0.1, 0.15) is 70.3 Å². The Morgan fingerprint density at radius 3 is 2.45 bits per heavy atom. The summed E-state index contributed by atoms with van der Waals surface area (Å²) in [5.74, 6) is -0.919. The molecule has 11 nitrogen and oxygen atoms in total. The molecule has 1 aromatic rings. The summed E-state index contributed by atoms with van der Waals surface area (Å²) in [5.41, 5.74) is 0.282. The number of nitriles is 1. The summed E-state index contributed by atoms with van der Waals surface area (Å²) >= 11 is 0. The Kier molecular flexibility index (Phi) is 10.3. The zero-order valence-corrected chi connectivity index (χ0v) is 21.9. The van der Waals surface area contributed by atoms with Crippen molar-refractivity contribution < 1.29 is 29.0 Å². The maximum Gasteiger partial charge on any atom is 0.407 e. The zero-order chi connectivity index (χ0) is 27.5. The van der Waals surface area contributed by atoms with Gasteiger partial charge in [-0.05, 0) is 57.2 Å². The van der Waals surface area contributed by atoms with Crippen molar-refractivity contribution in [3.63, 3.8) is 0 Å². The molecular formula is C27H37N5O6. The first-order valence-corrected chi connectivity index (χ1v) is 13.3. The Morgan fingerprint density at radius 1 is 1.11 bits per heavy atom. The van der Waals surface area contributed by atoms with E-state index in [-0.39, 0.29) is 69.8 Å². The van der Waals surface area contributed by atoms with E-state index in [2.05, 4.69) is 16.0 Å². The highest BCUT2D eigenvalue weighted by molar-refractivity contribution is 5.95. The maximum atomic E-state index is 12.9. The van der Waals surface area contributed by atoms with Gasteiger partial charge in [-0.2, -0.15) is 5.26 Å². The standard InChI is InChI=1S/C27H37N5O6/c1-2-38-25(35)27(12-14-32(15-13-27)26(36)37)11-10-23(33)31-22-16-19(17-28)8-9-21(22)29-18-24(34)30-20-6-4-3-5-7-20/h8-9,16,20,29H,2-7,10-15,18H2,1H3,(H,30,34)(H,31,33)(H,36,37). The smallest absolute Gasteiger partial charge is 0.407 e. The monoisotopic (exact) mass is 527 g/mol. The predicted molar refractivity (Wildman–Crippen MR) is 140 cm³/mol. The van der Waals surface area contributed by atoms with Crippen molar-refractivity contribution in [1.82, 2.24) is 10.2 Å². The molecule has 0 spiro atoms. The third-order valence-corrected chi connectivity index (χ3v) is 7.36. The molecule has 0 bridgehead atoms. The molecule has 0 atom stereocenters. The number of nitrogens with zero attached hydrogens (tertiary/aromatic N) is 2. The summed E-state index contributed by atoms with van der Waals surface area (Å²) in [5, 5.41) is 27.5. The number of rotatable bonds is 10. The van der Waals surface area contributed by atoms with Crippen molar-refractivity contribution in [2.45, 2.75) is 70.8 Å². The number of likely N-dealkylation sites (tertiary alicyclic amines) is 1. The number of anilines is 2. The number of ether oxygens (including phenoxy) is 1. The third kappa shape index (κ3) is 7.84. The van der Waals surface area contributed by atoms with Gasteiger partial charge in [-0.1, -0.05) is 19.3 Å². The molecule has 0 unspecified atom stereocenters. The molecule has 3 amide bonds. The van der Waals surface area contributed by atoms with Gasteiger partial charge in [0.05, 0.1) is 41.6 Å². The lowest BCUT2D eigenvalue weighted by atomic mass is 9.74. The van der Waals surface area contributed by atoms with Crippen LogP contribution in [-0.2, 0) is 19.1 Å². The van der Waals surface area contributed by atoms with E-state index in [0.717, 1.165) is 25.7 Å². The first-order chi connectivity index (χ1) is 18.3. The molecule has 0 radical (unpaired) electrons. The maximum absolute atomic E-state index is 12.9. The highest BCUT2D eigenvalue weighted by Crippen LogP contribution is 2.38. The normalized spacial score (nSPS) is 17.1.